The number of fused-ring (bicyclic) bond motifs is 1. The van der Waals surface area contributed by atoms with Crippen LogP contribution in [0.2, 0.25) is 5.02 Å². The highest BCUT2D eigenvalue weighted by Gasteiger charge is 2.24. The smallest absolute Gasteiger partial charge is 0.350 e. The number of amides is 1. The van der Waals surface area contributed by atoms with Crippen molar-refractivity contribution in [2.24, 2.45) is 0 Å². The van der Waals surface area contributed by atoms with Crippen molar-refractivity contribution in [2.45, 2.75) is 20.0 Å². The van der Waals surface area contributed by atoms with Crippen LogP contribution in [0.25, 0.3) is 10.1 Å². The summed E-state index contributed by atoms with van der Waals surface area (Å²) >= 11 is 7.46. The van der Waals surface area contributed by atoms with E-state index in [1.54, 1.807) is 13.0 Å². The molecule has 0 aliphatic carbocycles. The zero-order valence-corrected chi connectivity index (χ0v) is 14.4. The van der Waals surface area contributed by atoms with Crippen LogP contribution in [-0.2, 0) is 9.53 Å². The van der Waals surface area contributed by atoms with Gasteiger partial charge in [-0.3, -0.25) is 4.79 Å². The van der Waals surface area contributed by atoms with E-state index in [4.69, 9.17) is 20.9 Å². The second-order valence-corrected chi connectivity index (χ2v) is 6.53. The number of thiophene rings is 1. The van der Waals surface area contributed by atoms with Gasteiger partial charge in [-0.1, -0.05) is 35.0 Å². The van der Waals surface area contributed by atoms with Crippen LogP contribution in [0, 0.1) is 6.92 Å². The highest BCUT2D eigenvalue weighted by Crippen LogP contribution is 2.35. The number of hydrogen-bond donors (Lipinski definition) is 1. The van der Waals surface area contributed by atoms with E-state index in [9.17, 15) is 9.59 Å². The van der Waals surface area contributed by atoms with Crippen molar-refractivity contribution in [1.82, 2.24) is 5.16 Å². The fourth-order valence-corrected chi connectivity index (χ4v) is 3.46. The van der Waals surface area contributed by atoms with E-state index in [-0.39, 0.29) is 10.7 Å². The lowest BCUT2D eigenvalue weighted by Gasteiger charge is -2.11. The standard InChI is InChI=1S/C16H13ClN2O4S/c1-8-7-12(19-23-8)18-15(20)9(2)22-16(21)14-13(17)10-5-3-4-6-11(10)24-14/h3-7,9H,1-2H3,(H,18,19,20)/t9-/m1/s1. The van der Waals surface area contributed by atoms with E-state index in [1.807, 2.05) is 24.3 Å². The largest absolute Gasteiger partial charge is 0.448 e. The molecule has 8 heteroatoms. The number of carbonyl (C=O) groups excluding carboxylic acids is 2. The van der Waals surface area contributed by atoms with Crippen LogP contribution in [0.5, 0.6) is 0 Å². The number of nitrogens with zero attached hydrogens (tertiary/aromatic N) is 1. The van der Waals surface area contributed by atoms with Gasteiger partial charge in [-0.2, -0.15) is 0 Å². The number of aromatic nitrogens is 1. The molecule has 124 valence electrons. The van der Waals surface area contributed by atoms with E-state index in [2.05, 4.69) is 10.5 Å². The Morgan fingerprint density at radius 1 is 1.38 bits per heavy atom. The van der Waals surface area contributed by atoms with Gasteiger partial charge in [-0.15, -0.1) is 11.3 Å². The summed E-state index contributed by atoms with van der Waals surface area (Å²) in [7, 11) is 0. The number of anilines is 1. The molecule has 0 saturated carbocycles. The molecule has 1 aromatic carbocycles. The van der Waals surface area contributed by atoms with Crippen LogP contribution in [-0.4, -0.2) is 23.1 Å². The summed E-state index contributed by atoms with van der Waals surface area (Å²) in [5, 5.41) is 7.28. The summed E-state index contributed by atoms with van der Waals surface area (Å²) in [6.45, 7) is 3.18. The lowest BCUT2D eigenvalue weighted by molar-refractivity contribution is -0.123. The van der Waals surface area contributed by atoms with Gasteiger partial charge < -0.3 is 14.6 Å². The molecule has 1 N–H and O–H groups in total. The SMILES string of the molecule is Cc1cc(NC(=O)[C@@H](C)OC(=O)c2sc3ccccc3c2Cl)no1. The number of hydrogen-bond acceptors (Lipinski definition) is 6. The second kappa shape index (κ2) is 6.62. The van der Waals surface area contributed by atoms with Crippen molar-refractivity contribution in [3.63, 3.8) is 0 Å². The number of carbonyl (C=O) groups is 2. The Bertz CT molecular complexity index is 918. The van der Waals surface area contributed by atoms with Crippen molar-refractivity contribution < 1.29 is 18.8 Å². The van der Waals surface area contributed by atoms with Crippen molar-refractivity contribution in [2.75, 3.05) is 5.32 Å². The molecule has 0 saturated heterocycles. The third-order valence-corrected chi connectivity index (χ3v) is 4.91. The van der Waals surface area contributed by atoms with Crippen LogP contribution in [0.3, 0.4) is 0 Å². The predicted octanol–water partition coefficient (Wildman–Crippen LogP) is 4.04. The van der Waals surface area contributed by atoms with E-state index >= 15 is 0 Å². The molecule has 0 radical (unpaired) electrons. The van der Waals surface area contributed by atoms with Gasteiger partial charge in [0.15, 0.2) is 11.9 Å². The first-order chi connectivity index (χ1) is 11.5. The van der Waals surface area contributed by atoms with Gasteiger partial charge >= 0.3 is 5.97 Å². The quantitative estimate of drug-likeness (QED) is 0.706. The number of nitrogens with one attached hydrogen (secondary N) is 1. The van der Waals surface area contributed by atoms with E-state index in [1.165, 1.54) is 18.3 Å². The van der Waals surface area contributed by atoms with Crippen LogP contribution < -0.4 is 5.32 Å². The fourth-order valence-electron chi connectivity index (χ4n) is 2.07. The third kappa shape index (κ3) is 3.27. The summed E-state index contributed by atoms with van der Waals surface area (Å²) in [6.07, 6.45) is -1.00. The molecule has 0 aliphatic rings. The molecule has 2 aromatic heterocycles. The molecule has 0 unspecified atom stereocenters. The predicted molar refractivity (Wildman–Crippen MR) is 91.6 cm³/mol. The van der Waals surface area contributed by atoms with Gasteiger partial charge in [0.25, 0.3) is 5.91 Å². The third-order valence-electron chi connectivity index (χ3n) is 3.25. The van der Waals surface area contributed by atoms with Crippen molar-refractivity contribution in [3.05, 3.63) is 46.0 Å². The monoisotopic (exact) mass is 364 g/mol. The van der Waals surface area contributed by atoms with Gasteiger partial charge in [-0.05, 0) is 19.9 Å². The number of halogens is 1. The van der Waals surface area contributed by atoms with Crippen LogP contribution in [0.1, 0.15) is 22.4 Å². The molecule has 0 spiro atoms. The van der Waals surface area contributed by atoms with Crippen LogP contribution in [0.4, 0.5) is 5.82 Å². The van der Waals surface area contributed by atoms with Crippen molar-refractivity contribution >= 4 is 50.7 Å². The number of aryl methyl sites for hydroxylation is 1. The Labute approximate surface area is 146 Å². The molecule has 3 aromatic rings. The molecule has 3 rings (SSSR count). The summed E-state index contributed by atoms with van der Waals surface area (Å²) < 4.78 is 10.9. The Kier molecular flexibility index (Phi) is 4.55. The van der Waals surface area contributed by atoms with Crippen LogP contribution >= 0.6 is 22.9 Å². The highest BCUT2D eigenvalue weighted by atomic mass is 35.5. The molecule has 1 amide bonds. The topological polar surface area (TPSA) is 81.4 Å². The first-order valence-electron chi connectivity index (χ1n) is 7.08. The average molecular weight is 365 g/mol. The summed E-state index contributed by atoms with van der Waals surface area (Å²) in [4.78, 5) is 24.6. The zero-order valence-electron chi connectivity index (χ0n) is 12.8. The molecule has 0 aliphatic heterocycles. The maximum absolute atomic E-state index is 12.3. The van der Waals surface area contributed by atoms with Gasteiger partial charge in [-0.25, -0.2) is 4.79 Å². The lowest BCUT2D eigenvalue weighted by atomic mass is 10.2. The maximum atomic E-state index is 12.3. The summed E-state index contributed by atoms with van der Waals surface area (Å²) in [5.41, 5.74) is 0. The molecule has 0 bridgehead atoms. The Morgan fingerprint density at radius 3 is 2.79 bits per heavy atom. The van der Waals surface area contributed by atoms with E-state index in [0.717, 1.165) is 10.1 Å². The number of rotatable bonds is 4. The zero-order chi connectivity index (χ0) is 17.3. The number of ether oxygens (including phenoxy) is 1. The second-order valence-electron chi connectivity index (χ2n) is 5.10. The average Bonchev–Trinajstić information content (AvgIpc) is 3.11. The van der Waals surface area contributed by atoms with Crippen molar-refractivity contribution in [1.29, 1.82) is 0 Å². The van der Waals surface area contributed by atoms with Gasteiger partial charge in [0.1, 0.15) is 10.6 Å². The lowest BCUT2D eigenvalue weighted by Crippen LogP contribution is -2.29. The first-order valence-corrected chi connectivity index (χ1v) is 8.27. The normalized spacial score (nSPS) is 12.1. The molecule has 24 heavy (non-hydrogen) atoms. The Morgan fingerprint density at radius 2 is 2.12 bits per heavy atom. The summed E-state index contributed by atoms with van der Waals surface area (Å²) in [6, 6.07) is 8.96. The number of benzene rings is 1. The summed E-state index contributed by atoms with van der Waals surface area (Å²) in [5.74, 6) is -0.318. The molecule has 0 fully saturated rings. The molecule has 2 heterocycles. The van der Waals surface area contributed by atoms with Crippen LogP contribution in [0.15, 0.2) is 34.9 Å². The fraction of sp³-hybridized carbons (Fsp3) is 0.188. The molecular formula is C16H13ClN2O4S. The van der Waals surface area contributed by atoms with E-state index < -0.39 is 18.0 Å². The minimum absolute atomic E-state index is 0.264. The van der Waals surface area contributed by atoms with Crippen molar-refractivity contribution in [3.8, 4) is 0 Å². The Hall–Kier alpha value is -2.38. The molecule has 6 nitrogen and oxygen atoms in total. The highest BCUT2D eigenvalue weighted by molar-refractivity contribution is 7.21. The molecular weight excluding hydrogens is 352 g/mol. The van der Waals surface area contributed by atoms with Gasteiger partial charge in [0.05, 0.1) is 5.02 Å². The van der Waals surface area contributed by atoms with E-state index in [0.29, 0.717) is 10.8 Å². The number of esters is 1. The van der Waals surface area contributed by atoms with Gasteiger partial charge in [0.2, 0.25) is 0 Å². The molecule has 1 atom stereocenters. The first kappa shape index (κ1) is 16.5. The minimum atomic E-state index is -1.00. The van der Waals surface area contributed by atoms with Gasteiger partial charge in [0, 0.05) is 16.2 Å². The maximum Gasteiger partial charge on any atom is 0.350 e. The Balaban J connectivity index is 1.71. The minimum Gasteiger partial charge on any atom is -0.448 e.